The number of likely N-dealkylation sites (tertiary alicyclic amines) is 1. The quantitative estimate of drug-likeness (QED) is 0.380. The van der Waals surface area contributed by atoms with Crippen LogP contribution in [-0.4, -0.2) is 48.1 Å². The second-order valence-electron chi connectivity index (χ2n) is 9.07. The van der Waals surface area contributed by atoms with E-state index in [-0.39, 0.29) is 55.8 Å². The van der Waals surface area contributed by atoms with Crippen molar-refractivity contribution >= 4 is 43.9 Å². The Hall–Kier alpha value is -2.34. The first-order valence-corrected chi connectivity index (χ1v) is 13.9. The monoisotopic (exact) mass is 577 g/mol. The maximum Gasteiger partial charge on any atom is 0.573 e. The van der Waals surface area contributed by atoms with Gasteiger partial charge in [-0.15, -0.1) is 13.2 Å². The van der Waals surface area contributed by atoms with Crippen LogP contribution in [0.5, 0.6) is 5.75 Å². The van der Waals surface area contributed by atoms with Gasteiger partial charge in [-0.2, -0.15) is 0 Å². The van der Waals surface area contributed by atoms with Crippen molar-refractivity contribution in [1.82, 2.24) is 14.5 Å². The van der Waals surface area contributed by atoms with Crippen LogP contribution in [0.25, 0.3) is 10.9 Å². The van der Waals surface area contributed by atoms with Gasteiger partial charge in [0, 0.05) is 23.7 Å². The molecule has 0 amide bonds. The SMILES string of the molecule is CCS(=O)(=O)c1ccc(Cl)cc1Cn1cnc2c(Cl)c(CN3CC[C@@H](C)C3)c(OC(F)(F)F)cc2c1=O. The largest absolute Gasteiger partial charge is 0.573 e. The molecule has 0 N–H and O–H groups in total. The van der Waals surface area contributed by atoms with Gasteiger partial charge in [0.25, 0.3) is 5.56 Å². The number of ether oxygens (including phenoxy) is 1. The van der Waals surface area contributed by atoms with E-state index < -0.39 is 27.5 Å². The number of nitrogens with zero attached hydrogens (tertiary/aromatic N) is 3. The van der Waals surface area contributed by atoms with Crippen LogP contribution in [0.2, 0.25) is 10.0 Å². The van der Waals surface area contributed by atoms with Crippen LogP contribution in [0, 0.1) is 5.92 Å². The lowest BCUT2D eigenvalue weighted by Gasteiger charge is -2.21. The highest BCUT2D eigenvalue weighted by molar-refractivity contribution is 7.91. The van der Waals surface area contributed by atoms with Crippen molar-refractivity contribution in [1.29, 1.82) is 0 Å². The van der Waals surface area contributed by atoms with Crippen molar-refractivity contribution in [2.24, 2.45) is 5.92 Å². The fraction of sp³-hybridized carbons (Fsp3) is 0.417. The highest BCUT2D eigenvalue weighted by Crippen LogP contribution is 2.37. The Bertz CT molecular complexity index is 1510. The molecule has 0 aliphatic carbocycles. The molecule has 0 saturated carbocycles. The first kappa shape index (κ1) is 27.7. The molecule has 0 radical (unpaired) electrons. The van der Waals surface area contributed by atoms with Gasteiger partial charge in [-0.05, 0) is 48.7 Å². The molecule has 1 aliphatic heterocycles. The summed E-state index contributed by atoms with van der Waals surface area (Å²) in [5.41, 5.74) is -0.334. The zero-order valence-corrected chi connectivity index (χ0v) is 22.3. The Morgan fingerprint density at radius 1 is 1.19 bits per heavy atom. The Morgan fingerprint density at radius 3 is 2.54 bits per heavy atom. The molecule has 0 bridgehead atoms. The topological polar surface area (TPSA) is 81.5 Å². The van der Waals surface area contributed by atoms with Crippen molar-refractivity contribution in [2.45, 2.75) is 44.6 Å². The van der Waals surface area contributed by atoms with Crippen molar-refractivity contribution < 1.29 is 26.3 Å². The minimum absolute atomic E-state index is 0.000660. The molecule has 0 unspecified atom stereocenters. The van der Waals surface area contributed by atoms with E-state index in [0.717, 1.165) is 17.1 Å². The van der Waals surface area contributed by atoms with Crippen molar-refractivity contribution in [3.05, 3.63) is 62.1 Å². The number of aromatic nitrogens is 2. The maximum absolute atomic E-state index is 13.4. The molecule has 13 heteroatoms. The van der Waals surface area contributed by atoms with Crippen LogP contribution in [0.1, 0.15) is 31.4 Å². The maximum atomic E-state index is 13.4. The normalized spacial score (nSPS) is 17.0. The lowest BCUT2D eigenvalue weighted by Crippen LogP contribution is -2.25. The highest BCUT2D eigenvalue weighted by atomic mass is 35.5. The summed E-state index contributed by atoms with van der Waals surface area (Å²) in [5.74, 6) is -0.346. The predicted octanol–water partition coefficient (Wildman–Crippen LogP) is 5.29. The van der Waals surface area contributed by atoms with E-state index in [0.29, 0.717) is 19.0 Å². The molecule has 2 heterocycles. The molecular formula is C24H24Cl2F3N3O4S. The minimum Gasteiger partial charge on any atom is -0.405 e. The number of alkyl halides is 3. The number of hydrogen-bond donors (Lipinski definition) is 0. The number of hydrogen-bond acceptors (Lipinski definition) is 6. The molecule has 3 aromatic rings. The summed E-state index contributed by atoms with van der Waals surface area (Å²) in [4.78, 5) is 19.6. The third kappa shape index (κ3) is 6.05. The zero-order chi connectivity index (χ0) is 27.1. The van der Waals surface area contributed by atoms with E-state index in [2.05, 4.69) is 16.6 Å². The lowest BCUT2D eigenvalue weighted by atomic mass is 10.1. The minimum atomic E-state index is -5.00. The number of halogens is 5. The molecule has 1 fully saturated rings. The molecule has 1 atom stereocenters. The highest BCUT2D eigenvalue weighted by Gasteiger charge is 2.34. The van der Waals surface area contributed by atoms with Crippen molar-refractivity contribution in [2.75, 3.05) is 18.8 Å². The summed E-state index contributed by atoms with van der Waals surface area (Å²) in [7, 11) is -3.64. The van der Waals surface area contributed by atoms with Gasteiger partial charge >= 0.3 is 6.36 Å². The molecule has 4 rings (SSSR count). The van der Waals surface area contributed by atoms with Gasteiger partial charge in [0.15, 0.2) is 9.84 Å². The Labute approximate surface area is 221 Å². The fourth-order valence-corrected chi connectivity index (χ4v) is 6.07. The molecular weight excluding hydrogens is 554 g/mol. The zero-order valence-electron chi connectivity index (χ0n) is 20.0. The molecule has 1 saturated heterocycles. The van der Waals surface area contributed by atoms with Crippen molar-refractivity contribution in [3.63, 3.8) is 0 Å². The first-order valence-electron chi connectivity index (χ1n) is 11.5. The van der Waals surface area contributed by atoms with Gasteiger partial charge in [0.1, 0.15) is 5.75 Å². The van der Waals surface area contributed by atoms with Crippen LogP contribution >= 0.6 is 23.2 Å². The number of sulfone groups is 1. The van der Waals surface area contributed by atoms with Gasteiger partial charge in [-0.25, -0.2) is 13.4 Å². The number of rotatable bonds is 7. The van der Waals surface area contributed by atoms with Gasteiger partial charge in [-0.1, -0.05) is 37.0 Å². The summed E-state index contributed by atoms with van der Waals surface area (Å²) in [5, 5.41) is -0.0265. The molecule has 1 aromatic heterocycles. The molecule has 37 heavy (non-hydrogen) atoms. The third-order valence-corrected chi connectivity index (χ3v) is 8.78. The lowest BCUT2D eigenvalue weighted by molar-refractivity contribution is -0.274. The molecule has 1 aliphatic rings. The predicted molar refractivity (Wildman–Crippen MR) is 135 cm³/mol. The second-order valence-corrected chi connectivity index (χ2v) is 12.1. The Balaban J connectivity index is 1.83. The van der Waals surface area contributed by atoms with E-state index in [4.69, 9.17) is 23.2 Å². The number of benzene rings is 2. The molecule has 200 valence electrons. The number of fused-ring (bicyclic) bond motifs is 1. The van der Waals surface area contributed by atoms with Gasteiger partial charge in [0.2, 0.25) is 0 Å². The van der Waals surface area contributed by atoms with Gasteiger partial charge in [0.05, 0.1) is 39.4 Å². The average molecular weight is 578 g/mol. The van der Waals surface area contributed by atoms with E-state index in [9.17, 15) is 26.4 Å². The fourth-order valence-electron chi connectivity index (χ4n) is 4.46. The Morgan fingerprint density at radius 2 is 1.92 bits per heavy atom. The molecule has 0 spiro atoms. The van der Waals surface area contributed by atoms with Crippen LogP contribution in [0.3, 0.4) is 0 Å². The van der Waals surface area contributed by atoms with Crippen molar-refractivity contribution in [3.8, 4) is 5.75 Å². The second kappa shape index (κ2) is 10.4. The summed E-state index contributed by atoms with van der Waals surface area (Å²) in [6.45, 7) is 4.81. The molecule has 7 nitrogen and oxygen atoms in total. The summed E-state index contributed by atoms with van der Waals surface area (Å²) >= 11 is 12.6. The Kier molecular flexibility index (Phi) is 7.81. The summed E-state index contributed by atoms with van der Waals surface area (Å²) in [6, 6.07) is 5.20. The van der Waals surface area contributed by atoms with E-state index in [1.165, 1.54) is 31.5 Å². The van der Waals surface area contributed by atoms with E-state index in [1.807, 2.05) is 4.90 Å². The van der Waals surface area contributed by atoms with E-state index >= 15 is 0 Å². The standard InChI is InChI=1S/C24H24Cl2F3N3O4S/c1-3-37(34,35)20-5-4-16(25)8-15(20)11-32-13-30-22-17(23(32)33)9-19(36-24(27,28)29)18(21(22)26)12-31-7-6-14(2)10-31/h4-5,8-9,13-14H,3,6-7,10-12H2,1-2H3/t14-/m1/s1. The smallest absolute Gasteiger partial charge is 0.405 e. The summed E-state index contributed by atoms with van der Waals surface area (Å²) < 4.78 is 70.3. The molecule has 2 aromatic carbocycles. The summed E-state index contributed by atoms with van der Waals surface area (Å²) in [6.07, 6.45) is -2.91. The van der Waals surface area contributed by atoms with Crippen LogP contribution in [0.4, 0.5) is 13.2 Å². The van der Waals surface area contributed by atoms with Gasteiger partial charge in [-0.3, -0.25) is 14.3 Å². The van der Waals surface area contributed by atoms with Crippen LogP contribution in [0.15, 0.2) is 40.3 Å². The van der Waals surface area contributed by atoms with Crippen LogP contribution < -0.4 is 10.3 Å². The first-order chi connectivity index (χ1) is 17.3. The van der Waals surface area contributed by atoms with Gasteiger partial charge < -0.3 is 4.74 Å². The van der Waals surface area contributed by atoms with E-state index in [1.54, 1.807) is 0 Å². The average Bonchev–Trinajstić information content (AvgIpc) is 3.22. The third-order valence-electron chi connectivity index (χ3n) is 6.31. The van der Waals surface area contributed by atoms with Crippen LogP contribution in [-0.2, 0) is 22.9 Å².